The lowest BCUT2D eigenvalue weighted by molar-refractivity contribution is -0.538. The summed E-state index contributed by atoms with van der Waals surface area (Å²) >= 11 is 6.00. The first-order chi connectivity index (χ1) is 10.6. The van der Waals surface area contributed by atoms with Gasteiger partial charge in [0.2, 0.25) is 6.04 Å². The van der Waals surface area contributed by atoms with Crippen LogP contribution in [-0.4, -0.2) is 11.0 Å². The van der Waals surface area contributed by atoms with Gasteiger partial charge >= 0.3 is 0 Å². The minimum Gasteiger partial charge on any atom is -0.264 e. The first-order valence-electron chi connectivity index (χ1n) is 8.14. The molecule has 3 rings (SSSR count). The summed E-state index contributed by atoms with van der Waals surface area (Å²) in [6.07, 6.45) is 1.46. The Bertz CT molecular complexity index is 711. The van der Waals surface area contributed by atoms with Crippen LogP contribution in [0.3, 0.4) is 0 Å². The second-order valence-corrected chi connectivity index (χ2v) is 8.36. The largest absolute Gasteiger partial charge is 0.264 e. The van der Waals surface area contributed by atoms with Crippen molar-refractivity contribution in [2.75, 3.05) is 0 Å². The van der Waals surface area contributed by atoms with E-state index >= 15 is 0 Å². The van der Waals surface area contributed by atoms with Crippen LogP contribution in [0.2, 0.25) is 5.02 Å². The first kappa shape index (κ1) is 16.5. The van der Waals surface area contributed by atoms with Gasteiger partial charge in [0.1, 0.15) is 0 Å². The first-order valence-corrected chi connectivity index (χ1v) is 8.52. The van der Waals surface area contributed by atoms with E-state index in [1.165, 1.54) is 16.7 Å². The summed E-state index contributed by atoms with van der Waals surface area (Å²) in [5, 5.41) is 12.5. The van der Waals surface area contributed by atoms with Gasteiger partial charge in [-0.2, -0.15) is 0 Å². The zero-order chi connectivity index (χ0) is 17.2. The van der Waals surface area contributed by atoms with Crippen LogP contribution in [0.4, 0.5) is 0 Å². The zero-order valence-electron chi connectivity index (χ0n) is 14.4. The fraction of sp³-hybridized carbons (Fsp3) is 0.579. The van der Waals surface area contributed by atoms with E-state index in [2.05, 4.69) is 34.6 Å². The quantitative estimate of drug-likeness (QED) is 0.428. The molecule has 4 heteroatoms. The predicted octanol–water partition coefficient (Wildman–Crippen LogP) is 5.30. The van der Waals surface area contributed by atoms with Gasteiger partial charge in [-0.1, -0.05) is 48.7 Å². The number of allylic oxidation sites excluding steroid dienone is 1. The number of hydrogen-bond donors (Lipinski definition) is 0. The normalized spacial score (nSPS) is 39.1. The molecule has 2 bridgehead atoms. The maximum absolute atomic E-state index is 11.7. The number of halogens is 1. The van der Waals surface area contributed by atoms with Gasteiger partial charge in [0.05, 0.1) is 5.41 Å². The molecular weight excluding hydrogens is 310 g/mol. The van der Waals surface area contributed by atoms with Crippen LogP contribution in [0.1, 0.15) is 46.6 Å². The van der Waals surface area contributed by atoms with E-state index in [1.54, 1.807) is 0 Å². The molecule has 0 N–H and O–H groups in total. The van der Waals surface area contributed by atoms with E-state index < -0.39 is 11.5 Å². The molecule has 0 aromatic heterocycles. The zero-order valence-corrected chi connectivity index (χ0v) is 15.2. The molecule has 124 valence electrons. The second-order valence-electron chi connectivity index (χ2n) is 7.93. The molecule has 0 heterocycles. The molecule has 2 aliphatic carbocycles. The van der Waals surface area contributed by atoms with E-state index in [0.29, 0.717) is 6.42 Å². The van der Waals surface area contributed by atoms with Crippen molar-refractivity contribution in [2.24, 2.45) is 16.2 Å². The highest BCUT2D eigenvalue weighted by Crippen LogP contribution is 2.75. The number of fused-ring (bicyclic) bond motifs is 2. The van der Waals surface area contributed by atoms with E-state index in [9.17, 15) is 10.1 Å². The van der Waals surface area contributed by atoms with Gasteiger partial charge in [-0.15, -0.1) is 0 Å². The standard InChI is InChI=1S/C19H24ClNO2/c1-12-13(2)19(5)16(21(22)23)11-17(12,3)18(19,4)10-14-6-8-15(20)9-7-14/h6-9,16H,10-11H2,1-5H3/t16-,17-,18+,19-/m1/s1. The molecule has 0 amide bonds. The molecule has 0 aliphatic heterocycles. The Kier molecular flexibility index (Phi) is 3.46. The van der Waals surface area contributed by atoms with Crippen molar-refractivity contribution in [2.45, 2.75) is 53.5 Å². The Morgan fingerprint density at radius 3 is 2.26 bits per heavy atom. The molecule has 3 nitrogen and oxygen atoms in total. The van der Waals surface area contributed by atoms with Crippen LogP contribution >= 0.6 is 11.6 Å². The third-order valence-electron chi connectivity index (χ3n) is 7.53. The van der Waals surface area contributed by atoms with Crippen LogP contribution in [-0.2, 0) is 6.42 Å². The third kappa shape index (κ3) is 1.83. The van der Waals surface area contributed by atoms with Crippen LogP contribution in [0.15, 0.2) is 35.4 Å². The molecule has 2 aliphatic rings. The van der Waals surface area contributed by atoms with E-state index in [4.69, 9.17) is 11.6 Å². The average Bonchev–Trinajstić information content (AvgIpc) is 2.73. The smallest absolute Gasteiger partial charge is 0.223 e. The molecular formula is C19H24ClNO2. The Balaban J connectivity index is 2.11. The topological polar surface area (TPSA) is 43.1 Å². The molecule has 0 radical (unpaired) electrons. The summed E-state index contributed by atoms with van der Waals surface area (Å²) in [7, 11) is 0. The van der Waals surface area contributed by atoms with Gasteiger partial charge in [0, 0.05) is 21.8 Å². The summed E-state index contributed by atoms with van der Waals surface area (Å²) in [5.41, 5.74) is 3.04. The number of nitro groups is 1. The average molecular weight is 334 g/mol. The third-order valence-corrected chi connectivity index (χ3v) is 7.78. The molecule has 0 saturated heterocycles. The molecule has 0 spiro atoms. The van der Waals surface area contributed by atoms with E-state index in [1.807, 2.05) is 24.3 Å². The molecule has 0 unspecified atom stereocenters. The Hall–Kier alpha value is -1.35. The van der Waals surface area contributed by atoms with Crippen molar-refractivity contribution in [3.05, 3.63) is 56.1 Å². The summed E-state index contributed by atoms with van der Waals surface area (Å²) in [5.74, 6) is 0. The van der Waals surface area contributed by atoms with Crippen LogP contribution in [0.5, 0.6) is 0 Å². The number of hydrogen-bond acceptors (Lipinski definition) is 2. The predicted molar refractivity (Wildman–Crippen MR) is 93.3 cm³/mol. The monoisotopic (exact) mass is 333 g/mol. The summed E-state index contributed by atoms with van der Waals surface area (Å²) in [6.45, 7) is 10.8. The number of rotatable bonds is 3. The lowest BCUT2D eigenvalue weighted by Crippen LogP contribution is -2.45. The fourth-order valence-electron chi connectivity index (χ4n) is 5.47. The second kappa shape index (κ2) is 4.83. The van der Waals surface area contributed by atoms with Crippen LogP contribution < -0.4 is 0 Å². The van der Waals surface area contributed by atoms with Gasteiger partial charge in [0.15, 0.2) is 0 Å². The maximum Gasteiger partial charge on any atom is 0.223 e. The molecule has 4 atom stereocenters. The van der Waals surface area contributed by atoms with Crippen molar-refractivity contribution >= 4 is 11.6 Å². The Labute approximate surface area is 142 Å². The van der Waals surface area contributed by atoms with Gasteiger partial charge in [-0.05, 0) is 50.3 Å². The van der Waals surface area contributed by atoms with Crippen molar-refractivity contribution < 1.29 is 4.92 Å². The summed E-state index contributed by atoms with van der Waals surface area (Å²) in [4.78, 5) is 11.7. The van der Waals surface area contributed by atoms with Crippen molar-refractivity contribution in [3.63, 3.8) is 0 Å². The van der Waals surface area contributed by atoms with Crippen molar-refractivity contribution in [1.82, 2.24) is 0 Å². The van der Waals surface area contributed by atoms with Crippen molar-refractivity contribution in [3.8, 4) is 0 Å². The molecule has 1 fully saturated rings. The van der Waals surface area contributed by atoms with Gasteiger partial charge in [-0.25, -0.2) is 0 Å². The van der Waals surface area contributed by atoms with Gasteiger partial charge < -0.3 is 0 Å². The highest BCUT2D eigenvalue weighted by atomic mass is 35.5. The van der Waals surface area contributed by atoms with Gasteiger partial charge in [0.25, 0.3) is 0 Å². The minimum absolute atomic E-state index is 0.0543. The van der Waals surface area contributed by atoms with E-state index in [0.717, 1.165) is 11.4 Å². The fourth-order valence-corrected chi connectivity index (χ4v) is 5.59. The lowest BCUT2D eigenvalue weighted by Gasteiger charge is -2.43. The summed E-state index contributed by atoms with van der Waals surface area (Å²) < 4.78 is 0. The number of benzene rings is 1. The van der Waals surface area contributed by atoms with Crippen LogP contribution in [0, 0.1) is 26.4 Å². The van der Waals surface area contributed by atoms with Crippen LogP contribution in [0.25, 0.3) is 0 Å². The van der Waals surface area contributed by atoms with Gasteiger partial charge in [-0.3, -0.25) is 10.1 Å². The molecule has 23 heavy (non-hydrogen) atoms. The Morgan fingerprint density at radius 2 is 1.74 bits per heavy atom. The highest BCUT2D eigenvalue weighted by molar-refractivity contribution is 6.30. The van der Waals surface area contributed by atoms with Crippen molar-refractivity contribution in [1.29, 1.82) is 0 Å². The highest BCUT2D eigenvalue weighted by Gasteiger charge is 2.75. The number of nitrogens with zero attached hydrogens (tertiary/aromatic N) is 1. The SMILES string of the molecule is CC1=C(C)[C@]2(C)[C@H]([N+](=O)[O-])C[C@@]1(C)[C@]2(C)Cc1ccc(Cl)cc1. The minimum atomic E-state index is -0.506. The summed E-state index contributed by atoms with van der Waals surface area (Å²) in [6, 6.07) is 7.39. The molecule has 1 aromatic carbocycles. The molecule has 1 aromatic rings. The van der Waals surface area contributed by atoms with E-state index in [-0.39, 0.29) is 15.8 Å². The lowest BCUT2D eigenvalue weighted by atomic mass is 9.58. The maximum atomic E-state index is 11.7. The Morgan fingerprint density at radius 1 is 1.17 bits per heavy atom. The molecule has 1 saturated carbocycles.